The summed E-state index contributed by atoms with van der Waals surface area (Å²) in [6, 6.07) is 17.8. The molecule has 8 nitrogen and oxygen atoms in total. The van der Waals surface area contributed by atoms with Crippen LogP contribution in [0.4, 0.5) is 5.95 Å². The van der Waals surface area contributed by atoms with Gasteiger partial charge in [-0.15, -0.1) is 5.10 Å². The SMILES string of the molecule is CCOc1cc(C2C(C(=O)OC)=C(C)Nc3nc(SCc4ccccc4Cl)nn32)ccc1OCc1c(Cl)cccc1Cl. The number of carbonyl (C=O) groups is 1. The maximum absolute atomic E-state index is 13.0. The van der Waals surface area contributed by atoms with Crippen molar-refractivity contribution in [1.29, 1.82) is 0 Å². The van der Waals surface area contributed by atoms with Gasteiger partial charge in [-0.2, -0.15) is 4.98 Å². The number of aromatic nitrogens is 3. The predicted molar refractivity (Wildman–Crippen MR) is 166 cm³/mol. The van der Waals surface area contributed by atoms with Gasteiger partial charge in [-0.3, -0.25) is 0 Å². The standard InChI is InChI=1S/C30H27Cl3N4O4S/c1-4-40-25-14-18(12-13-24(25)41-15-20-22(32)10-7-11-23(20)33)27-26(28(38)39-3)17(2)34-29-35-30(36-37(27)29)42-16-19-8-5-6-9-21(19)31/h5-14,27H,4,15-16H2,1-3H3,(H,34,35,36). The van der Waals surface area contributed by atoms with Crippen molar-refractivity contribution in [3.8, 4) is 11.5 Å². The number of hydrogen-bond acceptors (Lipinski definition) is 8. The van der Waals surface area contributed by atoms with Crippen LogP contribution in [0.5, 0.6) is 11.5 Å². The fourth-order valence-electron chi connectivity index (χ4n) is 4.54. The van der Waals surface area contributed by atoms with Crippen molar-refractivity contribution >= 4 is 58.5 Å². The predicted octanol–water partition coefficient (Wildman–Crippen LogP) is 7.97. The van der Waals surface area contributed by atoms with Gasteiger partial charge in [-0.25, -0.2) is 9.48 Å². The van der Waals surface area contributed by atoms with Crippen LogP contribution in [0.15, 0.2) is 77.1 Å². The molecule has 12 heteroatoms. The molecule has 0 saturated carbocycles. The molecule has 42 heavy (non-hydrogen) atoms. The van der Waals surface area contributed by atoms with Gasteiger partial charge in [0.1, 0.15) is 12.6 Å². The van der Waals surface area contributed by atoms with E-state index in [1.165, 1.54) is 18.9 Å². The number of esters is 1. The summed E-state index contributed by atoms with van der Waals surface area (Å²) in [6.07, 6.45) is 0. The van der Waals surface area contributed by atoms with Crippen LogP contribution < -0.4 is 14.8 Å². The molecule has 0 aliphatic carbocycles. The molecule has 218 valence electrons. The number of thioether (sulfide) groups is 1. The number of anilines is 1. The maximum Gasteiger partial charge on any atom is 0.338 e. The van der Waals surface area contributed by atoms with Crippen LogP contribution in [0, 0.1) is 0 Å². The lowest BCUT2D eigenvalue weighted by atomic mass is 9.95. The summed E-state index contributed by atoms with van der Waals surface area (Å²) in [5.74, 6) is 1.59. The number of carbonyl (C=O) groups excluding carboxylic acids is 1. The Labute approximate surface area is 262 Å². The van der Waals surface area contributed by atoms with Gasteiger partial charge in [-0.05, 0) is 55.3 Å². The van der Waals surface area contributed by atoms with E-state index in [-0.39, 0.29) is 6.61 Å². The largest absolute Gasteiger partial charge is 0.490 e. The molecule has 1 atom stereocenters. The van der Waals surface area contributed by atoms with Crippen LogP contribution in [0.25, 0.3) is 0 Å². The number of nitrogens with one attached hydrogen (secondary N) is 1. The number of fused-ring (bicyclic) bond motifs is 1. The Morgan fingerprint density at radius 2 is 1.74 bits per heavy atom. The van der Waals surface area contributed by atoms with Crippen LogP contribution in [0.2, 0.25) is 15.1 Å². The second kappa shape index (κ2) is 13.3. The molecule has 1 N–H and O–H groups in total. The molecular formula is C30H27Cl3N4O4S. The van der Waals surface area contributed by atoms with E-state index in [0.29, 0.717) is 66.9 Å². The van der Waals surface area contributed by atoms with Crippen LogP contribution >= 0.6 is 46.6 Å². The van der Waals surface area contributed by atoms with E-state index in [1.807, 2.05) is 50.2 Å². The number of nitrogens with zero attached hydrogens (tertiary/aromatic N) is 3. The molecular weight excluding hydrogens is 619 g/mol. The highest BCUT2D eigenvalue weighted by atomic mass is 35.5. The van der Waals surface area contributed by atoms with E-state index >= 15 is 0 Å². The molecule has 5 rings (SSSR count). The van der Waals surface area contributed by atoms with Gasteiger partial charge in [0.25, 0.3) is 0 Å². The lowest BCUT2D eigenvalue weighted by molar-refractivity contribution is -0.136. The van der Waals surface area contributed by atoms with Gasteiger partial charge in [0.15, 0.2) is 11.5 Å². The smallest absolute Gasteiger partial charge is 0.338 e. The van der Waals surface area contributed by atoms with E-state index in [4.69, 9.17) is 59.1 Å². The normalized spacial score (nSPS) is 14.3. The molecule has 0 radical (unpaired) electrons. The second-order valence-electron chi connectivity index (χ2n) is 9.23. The first kappa shape index (κ1) is 30.1. The molecule has 0 saturated heterocycles. The van der Waals surface area contributed by atoms with Crippen LogP contribution in [0.1, 0.15) is 36.6 Å². The first-order chi connectivity index (χ1) is 20.3. The zero-order valence-corrected chi connectivity index (χ0v) is 26.1. The molecule has 0 spiro atoms. The Bertz CT molecular complexity index is 1640. The van der Waals surface area contributed by atoms with Gasteiger partial charge in [0, 0.05) is 32.1 Å². The van der Waals surface area contributed by atoms with Crippen molar-refractivity contribution in [3.63, 3.8) is 0 Å². The third kappa shape index (κ3) is 6.34. The van der Waals surface area contributed by atoms with Crippen LogP contribution in [-0.4, -0.2) is 34.5 Å². The molecule has 0 bridgehead atoms. The Morgan fingerprint density at radius 3 is 2.45 bits per heavy atom. The third-order valence-electron chi connectivity index (χ3n) is 6.57. The van der Waals surface area contributed by atoms with Crippen LogP contribution in [0.3, 0.4) is 0 Å². The monoisotopic (exact) mass is 644 g/mol. The highest BCUT2D eigenvalue weighted by molar-refractivity contribution is 7.98. The van der Waals surface area contributed by atoms with E-state index in [2.05, 4.69) is 5.32 Å². The number of hydrogen-bond donors (Lipinski definition) is 1. The summed E-state index contributed by atoms with van der Waals surface area (Å²) in [7, 11) is 1.35. The third-order valence-corrected chi connectivity index (χ3v) is 8.53. The summed E-state index contributed by atoms with van der Waals surface area (Å²) in [4.78, 5) is 17.7. The highest BCUT2D eigenvalue weighted by Gasteiger charge is 2.35. The average molecular weight is 646 g/mol. The quantitative estimate of drug-likeness (QED) is 0.137. The first-order valence-electron chi connectivity index (χ1n) is 13.0. The van der Waals surface area contributed by atoms with Crippen molar-refractivity contribution in [2.24, 2.45) is 0 Å². The molecule has 0 fully saturated rings. The topological polar surface area (TPSA) is 87.5 Å². The van der Waals surface area contributed by atoms with Gasteiger partial charge in [0.2, 0.25) is 11.1 Å². The molecule has 1 unspecified atom stereocenters. The number of allylic oxidation sites excluding steroid dienone is 1. The number of methoxy groups -OCH3 is 1. The van der Waals surface area contributed by atoms with Gasteiger partial charge >= 0.3 is 5.97 Å². The minimum absolute atomic E-state index is 0.150. The van der Waals surface area contributed by atoms with Crippen molar-refractivity contribution in [3.05, 3.63) is 104 Å². The van der Waals surface area contributed by atoms with Crippen molar-refractivity contribution < 1.29 is 19.0 Å². The summed E-state index contributed by atoms with van der Waals surface area (Å²) in [5, 5.41) is 10.2. The number of halogens is 3. The van der Waals surface area contributed by atoms with E-state index in [1.54, 1.807) is 28.9 Å². The Kier molecular flexibility index (Phi) is 9.53. The van der Waals surface area contributed by atoms with Crippen molar-refractivity contribution in [1.82, 2.24) is 14.8 Å². The fraction of sp³-hybridized carbons (Fsp3) is 0.233. The lowest BCUT2D eigenvalue weighted by Crippen LogP contribution is -2.29. The fourth-order valence-corrected chi connectivity index (χ4v) is 6.16. The van der Waals surface area contributed by atoms with Gasteiger partial charge in [-0.1, -0.05) is 76.9 Å². The summed E-state index contributed by atoms with van der Waals surface area (Å²) in [6.45, 7) is 4.24. The van der Waals surface area contributed by atoms with E-state index in [9.17, 15) is 4.79 Å². The lowest BCUT2D eigenvalue weighted by Gasteiger charge is -2.28. The molecule has 1 aromatic heterocycles. The highest BCUT2D eigenvalue weighted by Crippen LogP contribution is 2.40. The molecule has 2 heterocycles. The second-order valence-corrected chi connectivity index (χ2v) is 11.4. The van der Waals surface area contributed by atoms with E-state index in [0.717, 1.165) is 11.1 Å². The summed E-state index contributed by atoms with van der Waals surface area (Å²) < 4.78 is 18.9. The first-order valence-corrected chi connectivity index (χ1v) is 15.1. The molecule has 3 aromatic carbocycles. The van der Waals surface area contributed by atoms with Gasteiger partial charge < -0.3 is 19.5 Å². The van der Waals surface area contributed by atoms with Crippen LogP contribution in [-0.2, 0) is 21.9 Å². The molecule has 1 aliphatic rings. The minimum atomic E-state index is -0.637. The minimum Gasteiger partial charge on any atom is -0.490 e. The Balaban J connectivity index is 1.49. The summed E-state index contributed by atoms with van der Waals surface area (Å²) >= 11 is 20.5. The molecule has 0 amide bonds. The molecule has 1 aliphatic heterocycles. The molecule has 4 aromatic rings. The Hall–Kier alpha value is -3.37. The maximum atomic E-state index is 13.0. The number of benzene rings is 3. The zero-order chi connectivity index (χ0) is 29.8. The number of ether oxygens (including phenoxy) is 3. The van der Waals surface area contributed by atoms with Gasteiger partial charge in [0.05, 0.1) is 19.3 Å². The average Bonchev–Trinajstić information content (AvgIpc) is 3.38. The van der Waals surface area contributed by atoms with Crippen molar-refractivity contribution in [2.75, 3.05) is 19.0 Å². The zero-order valence-electron chi connectivity index (χ0n) is 23.0. The van der Waals surface area contributed by atoms with E-state index < -0.39 is 12.0 Å². The number of rotatable bonds is 10. The van der Waals surface area contributed by atoms with Crippen molar-refractivity contribution in [2.45, 2.75) is 37.4 Å². The Morgan fingerprint density at radius 1 is 1.00 bits per heavy atom. The summed E-state index contributed by atoms with van der Waals surface area (Å²) in [5.41, 5.74) is 3.39.